The van der Waals surface area contributed by atoms with Gasteiger partial charge in [0, 0.05) is 3.57 Å². The molecule has 0 saturated carbocycles. The van der Waals surface area contributed by atoms with Crippen LogP contribution < -0.4 is 10.1 Å². The average Bonchev–Trinajstić information content (AvgIpc) is 2.32. The highest BCUT2D eigenvalue weighted by Gasteiger charge is 2.20. The van der Waals surface area contributed by atoms with Gasteiger partial charge < -0.3 is 10.1 Å². The van der Waals surface area contributed by atoms with Crippen LogP contribution >= 0.6 is 22.6 Å². The molecule has 0 bridgehead atoms. The van der Waals surface area contributed by atoms with Crippen LogP contribution in [0.5, 0.6) is 5.75 Å². The van der Waals surface area contributed by atoms with Gasteiger partial charge in [-0.05, 0) is 53.6 Å². The van der Waals surface area contributed by atoms with E-state index in [9.17, 15) is 9.59 Å². The smallest absolute Gasteiger partial charge is 0.258 e. The van der Waals surface area contributed by atoms with Gasteiger partial charge in [0.25, 0.3) is 5.91 Å². The number of amides is 1. The average molecular weight is 375 g/mol. The van der Waals surface area contributed by atoms with Crippen molar-refractivity contribution in [3.05, 3.63) is 27.8 Å². The first-order valence-corrected chi connectivity index (χ1v) is 7.16. The molecule has 0 fully saturated rings. The molecule has 4 nitrogen and oxygen atoms in total. The maximum atomic E-state index is 11.7. The van der Waals surface area contributed by atoms with Gasteiger partial charge in [-0.15, -0.1) is 0 Å². The first-order chi connectivity index (χ1) is 8.90. The summed E-state index contributed by atoms with van der Waals surface area (Å²) >= 11 is 2.17. The molecular weight excluding hydrogens is 357 g/mol. The molecule has 1 rings (SSSR count). The van der Waals surface area contributed by atoms with Crippen molar-refractivity contribution in [2.24, 2.45) is 5.92 Å². The summed E-state index contributed by atoms with van der Waals surface area (Å²) in [5, 5.41) is 2.69. The molecular formula is C14H18INO3. The maximum Gasteiger partial charge on any atom is 0.258 e. The summed E-state index contributed by atoms with van der Waals surface area (Å²) in [6.45, 7) is 5.18. The maximum absolute atomic E-state index is 11.7. The lowest BCUT2D eigenvalue weighted by molar-refractivity contribution is -0.129. The van der Waals surface area contributed by atoms with E-state index >= 15 is 0 Å². The number of hydrogen-bond acceptors (Lipinski definition) is 3. The summed E-state index contributed by atoms with van der Waals surface area (Å²) in [7, 11) is 0. The van der Waals surface area contributed by atoms with Crippen LogP contribution in [0.25, 0.3) is 0 Å². The van der Waals surface area contributed by atoms with Gasteiger partial charge in [-0.3, -0.25) is 9.59 Å². The highest BCUT2D eigenvalue weighted by atomic mass is 127. The van der Waals surface area contributed by atoms with E-state index in [1.54, 1.807) is 6.07 Å². The number of hydrogen-bond donors (Lipinski definition) is 1. The minimum absolute atomic E-state index is 0.0439. The van der Waals surface area contributed by atoms with Crippen molar-refractivity contribution in [2.45, 2.75) is 26.8 Å². The second-order valence-corrected chi connectivity index (χ2v) is 5.89. The molecule has 1 N–H and O–H groups in total. The molecule has 1 amide bonds. The predicted molar refractivity (Wildman–Crippen MR) is 82.1 cm³/mol. The van der Waals surface area contributed by atoms with Gasteiger partial charge in [0.1, 0.15) is 5.75 Å². The fraction of sp³-hybridized carbons (Fsp3) is 0.429. The van der Waals surface area contributed by atoms with E-state index in [0.29, 0.717) is 5.75 Å². The normalized spacial score (nSPS) is 12.1. The van der Waals surface area contributed by atoms with Crippen LogP contribution in [0.2, 0.25) is 0 Å². The van der Waals surface area contributed by atoms with Crippen LogP contribution in [0, 0.1) is 9.49 Å². The molecule has 0 aliphatic carbocycles. The first kappa shape index (κ1) is 15.9. The molecule has 19 heavy (non-hydrogen) atoms. The molecule has 1 unspecified atom stereocenters. The predicted octanol–water partition coefficient (Wildman–Crippen LogP) is 2.40. The zero-order chi connectivity index (χ0) is 14.4. The molecule has 1 aromatic rings. The van der Waals surface area contributed by atoms with E-state index in [-0.39, 0.29) is 24.2 Å². The van der Waals surface area contributed by atoms with Crippen molar-refractivity contribution in [3.63, 3.8) is 0 Å². The van der Waals surface area contributed by atoms with Gasteiger partial charge in [-0.1, -0.05) is 19.9 Å². The van der Waals surface area contributed by atoms with E-state index in [2.05, 4.69) is 27.9 Å². The van der Waals surface area contributed by atoms with Gasteiger partial charge in [0.15, 0.2) is 12.4 Å². The van der Waals surface area contributed by atoms with Gasteiger partial charge in [0.05, 0.1) is 6.04 Å². The van der Waals surface area contributed by atoms with E-state index in [1.165, 1.54) is 6.92 Å². The van der Waals surface area contributed by atoms with Crippen LogP contribution in [0.3, 0.4) is 0 Å². The highest BCUT2D eigenvalue weighted by Crippen LogP contribution is 2.14. The van der Waals surface area contributed by atoms with Crippen molar-refractivity contribution in [1.82, 2.24) is 5.32 Å². The molecule has 5 heteroatoms. The molecule has 104 valence electrons. The van der Waals surface area contributed by atoms with Crippen molar-refractivity contribution >= 4 is 34.3 Å². The summed E-state index contributed by atoms with van der Waals surface area (Å²) in [5.41, 5.74) is 0. The van der Waals surface area contributed by atoms with Crippen molar-refractivity contribution in [3.8, 4) is 5.75 Å². The Hall–Kier alpha value is -1.11. The minimum Gasteiger partial charge on any atom is -0.484 e. The Balaban J connectivity index is 2.49. The molecule has 0 aliphatic heterocycles. The summed E-state index contributed by atoms with van der Waals surface area (Å²) in [6.07, 6.45) is 0. The number of carbonyl (C=O) groups is 2. The zero-order valence-corrected chi connectivity index (χ0v) is 13.4. The van der Waals surface area contributed by atoms with Crippen molar-refractivity contribution < 1.29 is 14.3 Å². The second kappa shape index (κ2) is 7.47. The van der Waals surface area contributed by atoms with Crippen LogP contribution in [-0.2, 0) is 9.59 Å². The van der Waals surface area contributed by atoms with Gasteiger partial charge in [-0.25, -0.2) is 0 Å². The van der Waals surface area contributed by atoms with E-state index < -0.39 is 6.04 Å². The Labute approximate surface area is 127 Å². The SMILES string of the molecule is CC(=O)C(NC(=O)COc1cccc(I)c1)C(C)C. The number of Topliss-reactive ketones (excluding diaryl/α,β-unsaturated/α-hetero) is 1. The molecule has 0 spiro atoms. The summed E-state index contributed by atoms with van der Waals surface area (Å²) in [6, 6.07) is 6.99. The lowest BCUT2D eigenvalue weighted by Gasteiger charge is -2.19. The van der Waals surface area contributed by atoms with Crippen LogP contribution in [-0.4, -0.2) is 24.3 Å². The minimum atomic E-state index is -0.452. The molecule has 0 radical (unpaired) electrons. The Kier molecular flexibility index (Phi) is 6.27. The Bertz CT molecular complexity index is 460. The van der Waals surface area contributed by atoms with E-state index in [1.807, 2.05) is 32.0 Å². The Morgan fingerprint density at radius 1 is 1.37 bits per heavy atom. The zero-order valence-electron chi connectivity index (χ0n) is 11.3. The molecule has 1 atom stereocenters. The van der Waals surface area contributed by atoms with Gasteiger partial charge in [-0.2, -0.15) is 0 Å². The van der Waals surface area contributed by atoms with E-state index in [0.717, 1.165) is 3.57 Å². The second-order valence-electron chi connectivity index (χ2n) is 4.65. The largest absolute Gasteiger partial charge is 0.484 e. The Morgan fingerprint density at radius 2 is 2.05 bits per heavy atom. The third-order valence-corrected chi connectivity index (χ3v) is 3.26. The van der Waals surface area contributed by atoms with Crippen LogP contribution in [0.15, 0.2) is 24.3 Å². The van der Waals surface area contributed by atoms with Crippen LogP contribution in [0.4, 0.5) is 0 Å². The van der Waals surface area contributed by atoms with Gasteiger partial charge >= 0.3 is 0 Å². The number of ether oxygens (including phenoxy) is 1. The number of halogens is 1. The monoisotopic (exact) mass is 375 g/mol. The topological polar surface area (TPSA) is 55.4 Å². The number of ketones is 1. The molecule has 0 heterocycles. The lowest BCUT2D eigenvalue weighted by atomic mass is 10.0. The fourth-order valence-electron chi connectivity index (χ4n) is 1.66. The number of benzene rings is 1. The molecule has 0 aromatic heterocycles. The standard InChI is InChI=1S/C14H18INO3/c1-9(2)14(10(3)17)16-13(18)8-19-12-6-4-5-11(15)7-12/h4-7,9,14H,8H2,1-3H3,(H,16,18). The summed E-state index contributed by atoms with van der Waals surface area (Å²) in [5.74, 6) is 0.385. The third kappa shape index (κ3) is 5.59. The summed E-state index contributed by atoms with van der Waals surface area (Å²) in [4.78, 5) is 23.1. The number of carbonyl (C=O) groups excluding carboxylic acids is 2. The lowest BCUT2D eigenvalue weighted by Crippen LogP contribution is -2.45. The van der Waals surface area contributed by atoms with Crippen LogP contribution in [0.1, 0.15) is 20.8 Å². The number of rotatable bonds is 6. The quantitative estimate of drug-likeness (QED) is 0.777. The third-order valence-electron chi connectivity index (χ3n) is 2.59. The summed E-state index contributed by atoms with van der Waals surface area (Å²) < 4.78 is 6.42. The number of nitrogens with one attached hydrogen (secondary N) is 1. The first-order valence-electron chi connectivity index (χ1n) is 6.08. The molecule has 1 aromatic carbocycles. The molecule has 0 aliphatic rings. The fourth-order valence-corrected chi connectivity index (χ4v) is 2.17. The molecule has 0 saturated heterocycles. The highest BCUT2D eigenvalue weighted by molar-refractivity contribution is 14.1. The van der Waals surface area contributed by atoms with Gasteiger partial charge in [0.2, 0.25) is 0 Å². The van der Waals surface area contributed by atoms with Crippen molar-refractivity contribution in [2.75, 3.05) is 6.61 Å². The van der Waals surface area contributed by atoms with Crippen molar-refractivity contribution in [1.29, 1.82) is 0 Å². The Morgan fingerprint density at radius 3 is 2.58 bits per heavy atom. The van der Waals surface area contributed by atoms with E-state index in [4.69, 9.17) is 4.74 Å².